The summed E-state index contributed by atoms with van der Waals surface area (Å²) in [6, 6.07) is 3.09. The van der Waals surface area contributed by atoms with Gasteiger partial charge in [-0.05, 0) is 26.0 Å². The third-order valence-electron chi connectivity index (χ3n) is 2.70. The Labute approximate surface area is 123 Å². The van der Waals surface area contributed by atoms with Crippen LogP contribution in [-0.4, -0.2) is 37.1 Å². The zero-order valence-electron chi connectivity index (χ0n) is 11.2. The van der Waals surface area contributed by atoms with E-state index in [4.69, 9.17) is 33.7 Å². The van der Waals surface area contributed by atoms with E-state index in [9.17, 15) is 4.79 Å². The highest BCUT2D eigenvalue weighted by atomic mass is 35.5. The number of nitrogens with zero attached hydrogens (tertiary/aromatic N) is 1. The Balaban J connectivity index is 3.09. The van der Waals surface area contributed by atoms with Crippen molar-refractivity contribution in [2.75, 3.05) is 26.0 Å². The number of carbonyl (C=O) groups is 1. The fourth-order valence-corrected chi connectivity index (χ4v) is 2.12. The third-order valence-corrected chi connectivity index (χ3v) is 3.50. The Morgan fingerprint density at radius 3 is 2.58 bits per heavy atom. The molecule has 0 saturated carbocycles. The van der Waals surface area contributed by atoms with Gasteiger partial charge in [-0.2, -0.15) is 0 Å². The van der Waals surface area contributed by atoms with E-state index in [2.05, 4.69) is 0 Å². The zero-order valence-corrected chi connectivity index (χ0v) is 12.8. The molecule has 1 aromatic rings. The number of hydrogen-bond acceptors (Lipinski definition) is 3. The van der Waals surface area contributed by atoms with Gasteiger partial charge in [0.25, 0.3) is 5.91 Å². The first kappa shape index (κ1) is 16.1. The Hall–Kier alpha value is -0.970. The summed E-state index contributed by atoms with van der Waals surface area (Å²) >= 11 is 12.0. The van der Waals surface area contributed by atoms with Crippen LogP contribution in [0.5, 0.6) is 0 Å². The molecule has 0 aliphatic carbocycles. The van der Waals surface area contributed by atoms with E-state index in [0.717, 1.165) is 0 Å². The molecular weight excluding hydrogens is 287 g/mol. The van der Waals surface area contributed by atoms with Crippen LogP contribution in [0.4, 0.5) is 5.69 Å². The lowest BCUT2D eigenvalue weighted by Crippen LogP contribution is -2.39. The summed E-state index contributed by atoms with van der Waals surface area (Å²) in [5.41, 5.74) is 6.43. The first-order valence-corrected chi connectivity index (χ1v) is 6.68. The van der Waals surface area contributed by atoms with E-state index < -0.39 is 0 Å². The molecule has 106 valence electrons. The molecular formula is C13H18Cl2N2O2. The van der Waals surface area contributed by atoms with Gasteiger partial charge in [-0.15, -0.1) is 0 Å². The second kappa shape index (κ2) is 6.98. The van der Waals surface area contributed by atoms with Crippen LogP contribution in [0.3, 0.4) is 0 Å². The van der Waals surface area contributed by atoms with E-state index in [0.29, 0.717) is 24.4 Å². The van der Waals surface area contributed by atoms with Gasteiger partial charge in [0.2, 0.25) is 0 Å². The van der Waals surface area contributed by atoms with Crippen LogP contribution in [0.15, 0.2) is 12.1 Å². The highest BCUT2D eigenvalue weighted by Gasteiger charge is 2.22. The van der Waals surface area contributed by atoms with Crippen molar-refractivity contribution in [2.24, 2.45) is 0 Å². The number of nitrogen functional groups attached to an aromatic ring is 1. The van der Waals surface area contributed by atoms with E-state index in [-0.39, 0.29) is 22.0 Å². The van der Waals surface area contributed by atoms with Crippen LogP contribution in [-0.2, 0) is 4.74 Å². The number of rotatable bonds is 5. The molecule has 0 heterocycles. The monoisotopic (exact) mass is 304 g/mol. The molecule has 1 aromatic carbocycles. The van der Waals surface area contributed by atoms with Crippen molar-refractivity contribution in [2.45, 2.75) is 19.9 Å². The number of carbonyl (C=O) groups excluding carboxylic acids is 1. The highest BCUT2D eigenvalue weighted by molar-refractivity contribution is 6.44. The summed E-state index contributed by atoms with van der Waals surface area (Å²) in [5.74, 6) is -0.203. The third kappa shape index (κ3) is 4.00. The van der Waals surface area contributed by atoms with Gasteiger partial charge in [0.05, 0.1) is 22.2 Å². The lowest BCUT2D eigenvalue weighted by Gasteiger charge is -2.27. The minimum absolute atomic E-state index is 0.0268. The van der Waals surface area contributed by atoms with Crippen LogP contribution in [0, 0.1) is 0 Å². The number of amides is 1. The minimum Gasteiger partial charge on any atom is -0.399 e. The SMILES string of the molecule is COCCN(C(=O)c1cc(N)cc(Cl)c1Cl)C(C)C. The van der Waals surface area contributed by atoms with Crippen molar-refractivity contribution >= 4 is 34.8 Å². The summed E-state index contributed by atoms with van der Waals surface area (Å²) < 4.78 is 5.01. The molecule has 0 aromatic heterocycles. The van der Waals surface area contributed by atoms with Gasteiger partial charge in [0, 0.05) is 25.4 Å². The Bertz CT molecular complexity index is 464. The molecule has 4 nitrogen and oxygen atoms in total. The van der Waals surface area contributed by atoms with E-state index >= 15 is 0 Å². The number of hydrogen-bond donors (Lipinski definition) is 1. The van der Waals surface area contributed by atoms with Crippen LogP contribution >= 0.6 is 23.2 Å². The minimum atomic E-state index is -0.203. The predicted molar refractivity (Wildman–Crippen MR) is 78.9 cm³/mol. The van der Waals surface area contributed by atoms with Gasteiger partial charge < -0.3 is 15.4 Å². The molecule has 0 fully saturated rings. The molecule has 2 N–H and O–H groups in total. The fourth-order valence-electron chi connectivity index (χ4n) is 1.70. The Morgan fingerprint density at radius 2 is 2.05 bits per heavy atom. The summed E-state index contributed by atoms with van der Waals surface area (Å²) in [6.45, 7) is 4.79. The van der Waals surface area contributed by atoms with Crippen molar-refractivity contribution in [3.63, 3.8) is 0 Å². The number of halogens is 2. The van der Waals surface area contributed by atoms with Gasteiger partial charge in [0.1, 0.15) is 0 Å². The molecule has 0 aliphatic rings. The first-order chi connectivity index (χ1) is 8.88. The summed E-state index contributed by atoms with van der Waals surface area (Å²) in [7, 11) is 1.59. The Morgan fingerprint density at radius 1 is 1.42 bits per heavy atom. The lowest BCUT2D eigenvalue weighted by atomic mass is 10.1. The van der Waals surface area contributed by atoms with Gasteiger partial charge in [0.15, 0.2) is 0 Å². The second-order valence-electron chi connectivity index (χ2n) is 4.45. The molecule has 1 rings (SSSR count). The summed E-state index contributed by atoms with van der Waals surface area (Å²) in [5, 5.41) is 0.504. The molecule has 0 bridgehead atoms. The molecule has 0 spiro atoms. The molecule has 0 radical (unpaired) electrons. The van der Waals surface area contributed by atoms with E-state index in [1.54, 1.807) is 18.1 Å². The van der Waals surface area contributed by atoms with Gasteiger partial charge in [-0.3, -0.25) is 4.79 Å². The average Bonchev–Trinajstić information content (AvgIpc) is 2.33. The number of ether oxygens (including phenoxy) is 1. The lowest BCUT2D eigenvalue weighted by molar-refractivity contribution is 0.0635. The molecule has 6 heteroatoms. The Kier molecular flexibility index (Phi) is 5.91. The predicted octanol–water partition coefficient (Wildman–Crippen LogP) is 3.07. The maximum atomic E-state index is 12.5. The number of anilines is 1. The van der Waals surface area contributed by atoms with Gasteiger partial charge in [-0.25, -0.2) is 0 Å². The van der Waals surface area contributed by atoms with E-state index in [1.807, 2.05) is 13.8 Å². The first-order valence-electron chi connectivity index (χ1n) is 5.93. The number of methoxy groups -OCH3 is 1. The van der Waals surface area contributed by atoms with Crippen LogP contribution in [0.25, 0.3) is 0 Å². The molecule has 0 aliphatic heterocycles. The quantitative estimate of drug-likeness (QED) is 0.851. The average molecular weight is 305 g/mol. The van der Waals surface area contributed by atoms with Crippen molar-refractivity contribution in [1.82, 2.24) is 4.90 Å². The smallest absolute Gasteiger partial charge is 0.255 e. The fraction of sp³-hybridized carbons (Fsp3) is 0.462. The van der Waals surface area contributed by atoms with Crippen molar-refractivity contribution in [3.05, 3.63) is 27.7 Å². The maximum absolute atomic E-state index is 12.5. The zero-order chi connectivity index (χ0) is 14.6. The standard InChI is InChI=1S/C13H18Cl2N2O2/c1-8(2)17(4-5-19-3)13(18)10-6-9(16)7-11(14)12(10)15/h6-8H,4-5,16H2,1-3H3. The van der Waals surface area contributed by atoms with Crippen molar-refractivity contribution in [3.8, 4) is 0 Å². The highest BCUT2D eigenvalue weighted by Crippen LogP contribution is 2.29. The topological polar surface area (TPSA) is 55.6 Å². The molecule has 0 atom stereocenters. The molecule has 19 heavy (non-hydrogen) atoms. The number of benzene rings is 1. The largest absolute Gasteiger partial charge is 0.399 e. The van der Waals surface area contributed by atoms with Crippen LogP contribution in [0.2, 0.25) is 10.0 Å². The summed E-state index contributed by atoms with van der Waals surface area (Å²) in [6.07, 6.45) is 0. The van der Waals surface area contributed by atoms with Gasteiger partial charge >= 0.3 is 0 Å². The molecule has 0 saturated heterocycles. The van der Waals surface area contributed by atoms with Crippen LogP contribution in [0.1, 0.15) is 24.2 Å². The van der Waals surface area contributed by atoms with E-state index in [1.165, 1.54) is 6.07 Å². The second-order valence-corrected chi connectivity index (χ2v) is 5.23. The van der Waals surface area contributed by atoms with Crippen molar-refractivity contribution < 1.29 is 9.53 Å². The molecule has 1 amide bonds. The van der Waals surface area contributed by atoms with Gasteiger partial charge in [-0.1, -0.05) is 23.2 Å². The number of nitrogens with two attached hydrogens (primary N) is 1. The molecule has 0 unspecified atom stereocenters. The maximum Gasteiger partial charge on any atom is 0.255 e. The summed E-state index contributed by atoms with van der Waals surface area (Å²) in [4.78, 5) is 14.2. The van der Waals surface area contributed by atoms with Crippen molar-refractivity contribution in [1.29, 1.82) is 0 Å². The van der Waals surface area contributed by atoms with Crippen LogP contribution < -0.4 is 5.73 Å². The normalized spacial score (nSPS) is 10.8.